The number of rotatable bonds is 4. The molecule has 2 heterocycles. The van der Waals surface area contributed by atoms with Gasteiger partial charge in [-0.3, -0.25) is 0 Å². The Hall–Kier alpha value is -2.01. The zero-order chi connectivity index (χ0) is 16.2. The summed E-state index contributed by atoms with van der Waals surface area (Å²) in [5, 5.41) is 6.03. The fourth-order valence-corrected chi connectivity index (χ4v) is 3.31. The summed E-state index contributed by atoms with van der Waals surface area (Å²) in [4.78, 5) is 12.2. The molecule has 0 aliphatic carbocycles. The van der Waals surface area contributed by atoms with E-state index in [1.165, 1.54) is 0 Å². The predicted octanol–water partition coefficient (Wildman–Crippen LogP) is 2.79. The van der Waals surface area contributed by atoms with E-state index in [2.05, 4.69) is 17.2 Å². The third kappa shape index (κ3) is 3.67. The van der Waals surface area contributed by atoms with Gasteiger partial charge in [0.15, 0.2) is 0 Å². The van der Waals surface area contributed by atoms with Crippen molar-refractivity contribution in [3.05, 3.63) is 42.0 Å². The van der Waals surface area contributed by atoms with Crippen LogP contribution < -0.4 is 15.4 Å². The van der Waals surface area contributed by atoms with Crippen LogP contribution in [0.5, 0.6) is 5.75 Å². The lowest BCUT2D eigenvalue weighted by Crippen LogP contribution is -2.42. The predicted molar refractivity (Wildman–Crippen MR) is 88.5 cm³/mol. The van der Waals surface area contributed by atoms with Crippen molar-refractivity contribution in [2.24, 2.45) is 5.92 Å². The van der Waals surface area contributed by atoms with Crippen LogP contribution in [0.4, 0.5) is 4.79 Å². The maximum absolute atomic E-state index is 12.2. The molecule has 3 atom stereocenters. The summed E-state index contributed by atoms with van der Waals surface area (Å²) in [6.07, 6.45) is 1.79. The molecule has 0 unspecified atom stereocenters. The van der Waals surface area contributed by atoms with Gasteiger partial charge in [0.1, 0.15) is 5.75 Å². The van der Waals surface area contributed by atoms with Crippen molar-refractivity contribution in [3.8, 4) is 5.75 Å². The molecular formula is C18H24N2O3. The molecule has 5 heteroatoms. The topological polar surface area (TPSA) is 59.6 Å². The molecule has 1 saturated heterocycles. The largest absolute Gasteiger partial charge is 0.493 e. The molecule has 1 aromatic rings. The van der Waals surface area contributed by atoms with Gasteiger partial charge in [-0.1, -0.05) is 30.4 Å². The summed E-state index contributed by atoms with van der Waals surface area (Å²) in [6, 6.07) is 7.71. The molecule has 2 aliphatic rings. The Kier molecular flexibility index (Phi) is 4.86. The van der Waals surface area contributed by atoms with Gasteiger partial charge in [0, 0.05) is 31.1 Å². The number of benzene rings is 1. The minimum Gasteiger partial charge on any atom is -0.493 e. The highest BCUT2D eigenvalue weighted by molar-refractivity contribution is 5.74. The molecule has 3 rings (SSSR count). The van der Waals surface area contributed by atoms with E-state index in [-0.39, 0.29) is 18.2 Å². The van der Waals surface area contributed by atoms with Crippen molar-refractivity contribution < 1.29 is 14.3 Å². The highest BCUT2D eigenvalue weighted by atomic mass is 16.5. The molecule has 5 nitrogen and oxygen atoms in total. The van der Waals surface area contributed by atoms with Crippen LogP contribution in [0.3, 0.4) is 0 Å². The van der Waals surface area contributed by atoms with Gasteiger partial charge < -0.3 is 20.1 Å². The van der Waals surface area contributed by atoms with E-state index in [0.29, 0.717) is 19.1 Å². The maximum Gasteiger partial charge on any atom is 0.315 e. The van der Waals surface area contributed by atoms with Crippen LogP contribution in [0.25, 0.3) is 0 Å². The Morgan fingerprint density at radius 2 is 2.13 bits per heavy atom. The van der Waals surface area contributed by atoms with E-state index in [0.717, 1.165) is 36.3 Å². The molecule has 0 bridgehead atoms. The fraction of sp³-hybridized carbons (Fsp3) is 0.500. The lowest BCUT2D eigenvalue weighted by atomic mass is 9.97. The van der Waals surface area contributed by atoms with Gasteiger partial charge in [-0.15, -0.1) is 0 Å². The van der Waals surface area contributed by atoms with Gasteiger partial charge in [-0.05, 0) is 19.4 Å². The van der Waals surface area contributed by atoms with Gasteiger partial charge >= 0.3 is 6.03 Å². The first-order valence-electron chi connectivity index (χ1n) is 8.18. The number of hydrogen-bond donors (Lipinski definition) is 2. The Balaban J connectivity index is 1.53. The van der Waals surface area contributed by atoms with E-state index in [4.69, 9.17) is 9.47 Å². The van der Waals surface area contributed by atoms with Crippen LogP contribution in [0.1, 0.15) is 31.4 Å². The maximum atomic E-state index is 12.2. The monoisotopic (exact) mass is 316 g/mol. The van der Waals surface area contributed by atoms with Crippen LogP contribution in [0.15, 0.2) is 36.4 Å². The first-order chi connectivity index (χ1) is 11.1. The highest BCUT2D eigenvalue weighted by Gasteiger charge is 2.29. The van der Waals surface area contributed by atoms with Crippen molar-refractivity contribution >= 4 is 6.03 Å². The van der Waals surface area contributed by atoms with E-state index < -0.39 is 0 Å². The second-order valence-corrected chi connectivity index (χ2v) is 6.27. The quantitative estimate of drug-likeness (QED) is 0.840. The zero-order valence-corrected chi connectivity index (χ0v) is 13.5. The van der Waals surface area contributed by atoms with Crippen LogP contribution in [-0.2, 0) is 4.74 Å². The van der Waals surface area contributed by atoms with Crippen LogP contribution >= 0.6 is 0 Å². The molecular weight excluding hydrogens is 292 g/mol. The van der Waals surface area contributed by atoms with Crippen LogP contribution in [-0.4, -0.2) is 31.9 Å². The molecule has 2 N–H and O–H groups in total. The van der Waals surface area contributed by atoms with Gasteiger partial charge in [0.2, 0.25) is 0 Å². The average molecular weight is 316 g/mol. The summed E-state index contributed by atoms with van der Waals surface area (Å²) in [6.45, 7) is 7.90. The summed E-state index contributed by atoms with van der Waals surface area (Å²) in [7, 11) is 0. The van der Waals surface area contributed by atoms with Crippen molar-refractivity contribution in [1.82, 2.24) is 10.6 Å². The van der Waals surface area contributed by atoms with E-state index in [1.54, 1.807) is 0 Å². The minimum absolute atomic E-state index is 0.00304. The van der Waals surface area contributed by atoms with Crippen molar-refractivity contribution in [3.63, 3.8) is 0 Å². The molecule has 0 radical (unpaired) electrons. The minimum atomic E-state index is -0.140. The summed E-state index contributed by atoms with van der Waals surface area (Å²) >= 11 is 0. The molecule has 1 aromatic carbocycles. The molecule has 0 aromatic heterocycles. The molecule has 1 fully saturated rings. The lowest BCUT2D eigenvalue weighted by Gasteiger charge is -2.27. The number of carbonyl (C=O) groups is 1. The Labute approximate surface area is 137 Å². The zero-order valence-electron chi connectivity index (χ0n) is 13.5. The fourth-order valence-electron chi connectivity index (χ4n) is 3.31. The van der Waals surface area contributed by atoms with Gasteiger partial charge in [0.25, 0.3) is 0 Å². The van der Waals surface area contributed by atoms with E-state index >= 15 is 0 Å². The van der Waals surface area contributed by atoms with Gasteiger partial charge in [-0.2, -0.15) is 0 Å². The van der Waals surface area contributed by atoms with E-state index in [1.807, 2.05) is 31.2 Å². The normalized spacial score (nSPS) is 26.0. The smallest absolute Gasteiger partial charge is 0.315 e. The number of amides is 2. The summed E-state index contributed by atoms with van der Waals surface area (Å²) in [5.41, 5.74) is 2.06. The first-order valence-corrected chi connectivity index (χ1v) is 8.18. The summed E-state index contributed by atoms with van der Waals surface area (Å²) < 4.78 is 11.3. The first kappa shape index (κ1) is 15.9. The van der Waals surface area contributed by atoms with Crippen molar-refractivity contribution in [2.75, 3.05) is 19.8 Å². The number of hydrogen-bond acceptors (Lipinski definition) is 3. The molecule has 0 spiro atoms. The third-order valence-corrected chi connectivity index (χ3v) is 4.49. The van der Waals surface area contributed by atoms with Crippen LogP contribution in [0.2, 0.25) is 0 Å². The Morgan fingerprint density at radius 1 is 1.30 bits per heavy atom. The molecule has 23 heavy (non-hydrogen) atoms. The Bertz CT molecular complexity index is 587. The molecule has 0 saturated carbocycles. The second-order valence-electron chi connectivity index (χ2n) is 6.27. The third-order valence-electron chi connectivity index (χ3n) is 4.49. The average Bonchev–Trinajstić information content (AvgIpc) is 3.02. The Morgan fingerprint density at radius 3 is 2.96 bits per heavy atom. The van der Waals surface area contributed by atoms with E-state index in [9.17, 15) is 4.79 Å². The lowest BCUT2D eigenvalue weighted by molar-refractivity contribution is 0.119. The number of carbonyl (C=O) groups excluding carboxylic acids is 1. The highest BCUT2D eigenvalue weighted by Crippen LogP contribution is 2.31. The van der Waals surface area contributed by atoms with Crippen LogP contribution in [0, 0.1) is 5.92 Å². The number of para-hydroxylation sites is 1. The number of urea groups is 1. The van der Waals surface area contributed by atoms with Gasteiger partial charge in [0.05, 0.1) is 18.8 Å². The number of ether oxygens (including phenoxy) is 2. The SMILES string of the molecule is C=C(C)[C@@H]1OCC[C@@H]1CNC(=O)N[C@H]1CCOc2ccccc21. The van der Waals surface area contributed by atoms with Gasteiger partial charge in [-0.25, -0.2) is 4.79 Å². The molecule has 2 amide bonds. The van der Waals surface area contributed by atoms with Crippen molar-refractivity contribution in [1.29, 1.82) is 0 Å². The van der Waals surface area contributed by atoms with Crippen molar-refractivity contribution in [2.45, 2.75) is 31.9 Å². The number of fused-ring (bicyclic) bond motifs is 1. The second kappa shape index (κ2) is 7.04. The molecule has 124 valence electrons. The molecule has 2 aliphatic heterocycles. The summed E-state index contributed by atoms with van der Waals surface area (Å²) in [5.74, 6) is 1.16. The standard InChI is InChI=1S/C18H24N2O3/c1-12(2)17-13(7-9-23-17)11-19-18(21)20-15-8-10-22-16-6-4-3-5-14(15)16/h3-6,13,15,17H,1,7-11H2,2H3,(H2,19,20,21)/t13-,15+,17+/m1/s1. The number of nitrogens with one attached hydrogen (secondary N) is 2.